The first-order valence-electron chi connectivity index (χ1n) is 10.8. The number of H-pyrrole nitrogens is 1. The van der Waals surface area contributed by atoms with Gasteiger partial charge in [0.25, 0.3) is 0 Å². The first-order valence-corrected chi connectivity index (χ1v) is 10.8. The van der Waals surface area contributed by atoms with E-state index in [1.54, 1.807) is 24.3 Å². The van der Waals surface area contributed by atoms with Gasteiger partial charge < -0.3 is 21.1 Å². The number of unbranched alkanes of at least 4 members (excludes halogenated alkanes) is 1. The molecule has 0 bridgehead atoms. The number of benzene rings is 1. The number of carbonyl (C=O) groups excluding carboxylic acids is 1. The molecule has 2 aromatic rings. The molecule has 0 saturated heterocycles. The second-order valence-corrected chi connectivity index (χ2v) is 8.16. The van der Waals surface area contributed by atoms with Gasteiger partial charge in [-0.15, -0.1) is 0 Å². The summed E-state index contributed by atoms with van der Waals surface area (Å²) in [7, 11) is 0. The van der Waals surface area contributed by atoms with Gasteiger partial charge in [0, 0.05) is 29.2 Å². The van der Waals surface area contributed by atoms with Crippen molar-refractivity contribution >= 4 is 29.4 Å². The number of nitrogens with zero attached hydrogens (tertiary/aromatic N) is 1. The molecule has 2 heterocycles. The number of hydrogen-bond acceptors (Lipinski definition) is 4. The second kappa shape index (κ2) is 10.7. The summed E-state index contributed by atoms with van der Waals surface area (Å²) in [5.41, 5.74) is 12.5. The molecule has 168 valence electrons. The number of allylic oxidation sites excluding steroid dienone is 2. The number of aliphatic imine (C=N–C) groups is 1. The quantitative estimate of drug-likeness (QED) is 0.420. The van der Waals surface area contributed by atoms with Gasteiger partial charge >= 0.3 is 5.97 Å². The summed E-state index contributed by atoms with van der Waals surface area (Å²) in [6.45, 7) is 4.12. The van der Waals surface area contributed by atoms with Crippen LogP contribution in [0.3, 0.4) is 0 Å². The maximum Gasteiger partial charge on any atom is 0.320 e. The number of nitrogens with one attached hydrogen (secondary N) is 2. The Labute approximate surface area is 188 Å². The van der Waals surface area contributed by atoms with E-state index in [9.17, 15) is 9.59 Å². The SMILES string of the molecule is Cc1cc(C)c(/C=C2\C=CC(CCCCC(=O)Nc3ccc(C[C@H](N)C(=O)O)cc3)=N2)[nH]1. The number of aliphatic carboxylic acids is 1. The molecule has 0 spiro atoms. The summed E-state index contributed by atoms with van der Waals surface area (Å²) in [6.07, 6.45) is 9.30. The van der Waals surface area contributed by atoms with Crippen LogP contribution in [0.1, 0.15) is 48.2 Å². The minimum atomic E-state index is -1.03. The third kappa shape index (κ3) is 6.78. The first kappa shape index (κ1) is 23.2. The van der Waals surface area contributed by atoms with E-state index in [0.29, 0.717) is 12.1 Å². The maximum atomic E-state index is 12.2. The van der Waals surface area contributed by atoms with Gasteiger partial charge in [0.1, 0.15) is 6.04 Å². The van der Waals surface area contributed by atoms with Gasteiger partial charge in [-0.25, -0.2) is 0 Å². The molecule has 32 heavy (non-hydrogen) atoms. The lowest BCUT2D eigenvalue weighted by Gasteiger charge is -2.08. The molecule has 1 atom stereocenters. The van der Waals surface area contributed by atoms with Crippen molar-refractivity contribution in [3.63, 3.8) is 0 Å². The maximum absolute atomic E-state index is 12.2. The normalized spacial score (nSPS) is 15.1. The Balaban J connectivity index is 1.39. The van der Waals surface area contributed by atoms with Crippen LogP contribution in [-0.2, 0) is 16.0 Å². The molecule has 7 heteroatoms. The summed E-state index contributed by atoms with van der Waals surface area (Å²) < 4.78 is 0. The summed E-state index contributed by atoms with van der Waals surface area (Å²) in [6, 6.07) is 8.28. The molecule has 0 radical (unpaired) electrons. The van der Waals surface area contributed by atoms with Crippen LogP contribution in [-0.4, -0.2) is 33.7 Å². The lowest BCUT2D eigenvalue weighted by molar-refractivity contribution is -0.138. The number of carboxylic acids is 1. The summed E-state index contributed by atoms with van der Waals surface area (Å²) >= 11 is 0. The van der Waals surface area contributed by atoms with Crippen LogP contribution < -0.4 is 11.1 Å². The molecule has 1 aromatic heterocycles. The van der Waals surface area contributed by atoms with Crippen LogP contribution in [0.4, 0.5) is 5.69 Å². The average molecular weight is 435 g/mol. The van der Waals surface area contributed by atoms with Crippen molar-refractivity contribution in [2.75, 3.05) is 5.32 Å². The van der Waals surface area contributed by atoms with Gasteiger partial charge in [-0.05, 0) is 87.1 Å². The minimum Gasteiger partial charge on any atom is -0.480 e. The Morgan fingerprint density at radius 1 is 1.19 bits per heavy atom. The Morgan fingerprint density at radius 3 is 2.59 bits per heavy atom. The molecule has 0 unspecified atom stereocenters. The topological polar surface area (TPSA) is 121 Å². The fraction of sp³-hybridized carbons (Fsp3) is 0.320. The fourth-order valence-electron chi connectivity index (χ4n) is 3.57. The molecule has 5 N–H and O–H groups in total. The van der Waals surface area contributed by atoms with E-state index < -0.39 is 12.0 Å². The molecule has 1 amide bonds. The van der Waals surface area contributed by atoms with Crippen molar-refractivity contribution in [1.29, 1.82) is 0 Å². The van der Waals surface area contributed by atoms with E-state index in [4.69, 9.17) is 10.8 Å². The van der Waals surface area contributed by atoms with E-state index in [2.05, 4.69) is 34.4 Å². The van der Waals surface area contributed by atoms with Gasteiger partial charge in [-0.3, -0.25) is 14.6 Å². The lowest BCUT2D eigenvalue weighted by Crippen LogP contribution is -2.32. The molecule has 0 saturated carbocycles. The predicted octanol–water partition coefficient (Wildman–Crippen LogP) is 4.14. The Hall–Kier alpha value is -3.45. The van der Waals surface area contributed by atoms with Gasteiger partial charge in [0.2, 0.25) is 5.91 Å². The average Bonchev–Trinajstić information content (AvgIpc) is 3.32. The monoisotopic (exact) mass is 434 g/mol. The number of aromatic amines is 1. The molecule has 0 fully saturated rings. The van der Waals surface area contributed by atoms with Crippen molar-refractivity contribution in [2.45, 2.75) is 52.0 Å². The number of anilines is 1. The third-order valence-corrected chi connectivity index (χ3v) is 5.30. The number of carboxylic acid groups (broad SMARTS) is 1. The number of aryl methyl sites for hydroxylation is 2. The van der Waals surface area contributed by atoms with Crippen LogP contribution in [0.25, 0.3) is 6.08 Å². The van der Waals surface area contributed by atoms with Gasteiger partial charge in [0.15, 0.2) is 0 Å². The van der Waals surface area contributed by atoms with Crippen LogP contribution in [0.15, 0.2) is 53.2 Å². The second-order valence-electron chi connectivity index (χ2n) is 8.16. The number of amides is 1. The first-order chi connectivity index (χ1) is 15.3. The molecule has 3 rings (SSSR count). The largest absolute Gasteiger partial charge is 0.480 e. The van der Waals surface area contributed by atoms with Crippen molar-refractivity contribution in [1.82, 2.24) is 4.98 Å². The molecular formula is C25H30N4O3. The summed E-state index contributed by atoms with van der Waals surface area (Å²) in [5, 5.41) is 11.7. The van der Waals surface area contributed by atoms with Crippen molar-refractivity contribution in [2.24, 2.45) is 10.7 Å². The highest BCUT2D eigenvalue weighted by atomic mass is 16.4. The lowest BCUT2D eigenvalue weighted by atomic mass is 10.1. The highest BCUT2D eigenvalue weighted by Crippen LogP contribution is 2.19. The number of carbonyl (C=O) groups is 2. The van der Waals surface area contributed by atoms with E-state index in [1.807, 2.05) is 19.1 Å². The predicted molar refractivity (Wildman–Crippen MR) is 128 cm³/mol. The zero-order valence-electron chi connectivity index (χ0n) is 18.5. The summed E-state index contributed by atoms with van der Waals surface area (Å²) in [5.74, 6) is -1.07. The molecule has 1 aliphatic heterocycles. The third-order valence-electron chi connectivity index (χ3n) is 5.30. The Bertz CT molecular complexity index is 1060. The van der Waals surface area contributed by atoms with Crippen molar-refractivity contribution in [3.8, 4) is 0 Å². The van der Waals surface area contributed by atoms with E-state index >= 15 is 0 Å². The Morgan fingerprint density at radius 2 is 1.94 bits per heavy atom. The number of hydrogen-bond donors (Lipinski definition) is 4. The van der Waals surface area contributed by atoms with Crippen LogP contribution in [0.5, 0.6) is 0 Å². The highest BCUT2D eigenvalue weighted by Gasteiger charge is 2.12. The molecule has 1 aliphatic rings. The van der Waals surface area contributed by atoms with E-state index in [1.165, 1.54) is 5.56 Å². The minimum absolute atomic E-state index is 0.0398. The van der Waals surface area contributed by atoms with Crippen LogP contribution in [0, 0.1) is 13.8 Å². The van der Waals surface area contributed by atoms with Crippen LogP contribution in [0.2, 0.25) is 0 Å². The molecule has 0 aliphatic carbocycles. The van der Waals surface area contributed by atoms with Gasteiger partial charge in [0.05, 0.1) is 5.70 Å². The number of aromatic nitrogens is 1. The molecule has 7 nitrogen and oxygen atoms in total. The standard InChI is InChI=1S/C25H30N4O3/c1-16-13-17(2)27-23(16)15-21-12-11-19(28-21)5-3-4-6-24(30)29-20-9-7-18(8-10-20)14-22(26)25(31)32/h7-13,15,22,27H,3-6,14,26H2,1-2H3,(H,29,30)(H,31,32)/b21-15+/t22-/m0/s1. The molecule has 1 aromatic carbocycles. The Kier molecular flexibility index (Phi) is 7.78. The fourth-order valence-corrected chi connectivity index (χ4v) is 3.57. The number of rotatable bonds is 10. The van der Waals surface area contributed by atoms with Crippen molar-refractivity contribution < 1.29 is 14.7 Å². The van der Waals surface area contributed by atoms with Crippen molar-refractivity contribution in [3.05, 3.63) is 70.7 Å². The van der Waals surface area contributed by atoms with E-state index in [0.717, 1.165) is 47.6 Å². The summed E-state index contributed by atoms with van der Waals surface area (Å²) in [4.78, 5) is 31.0. The molecular weight excluding hydrogens is 404 g/mol. The highest BCUT2D eigenvalue weighted by molar-refractivity contribution is 5.99. The van der Waals surface area contributed by atoms with Gasteiger partial charge in [-0.1, -0.05) is 12.1 Å². The number of nitrogens with two attached hydrogens (primary N) is 1. The van der Waals surface area contributed by atoms with Gasteiger partial charge in [-0.2, -0.15) is 0 Å². The van der Waals surface area contributed by atoms with Crippen LogP contribution >= 0.6 is 0 Å². The zero-order chi connectivity index (χ0) is 23.1. The zero-order valence-corrected chi connectivity index (χ0v) is 18.5. The van der Waals surface area contributed by atoms with E-state index in [-0.39, 0.29) is 12.3 Å². The smallest absolute Gasteiger partial charge is 0.320 e.